The van der Waals surface area contributed by atoms with E-state index >= 15 is 0 Å². The molecular formula is C8H11NO2. The van der Waals surface area contributed by atoms with Crippen LogP contribution in [0.25, 0.3) is 0 Å². The highest BCUT2D eigenvalue weighted by Gasteiger charge is 2.27. The molecule has 1 rings (SSSR count). The maximum absolute atomic E-state index is 10.9. The van der Waals surface area contributed by atoms with Gasteiger partial charge in [-0.15, -0.1) is 0 Å². The molecule has 1 saturated heterocycles. The fourth-order valence-corrected chi connectivity index (χ4v) is 1.03. The van der Waals surface area contributed by atoms with Crippen molar-refractivity contribution in [2.45, 2.75) is 19.8 Å². The lowest BCUT2D eigenvalue weighted by atomic mass is 10.1. The highest BCUT2D eigenvalue weighted by atomic mass is 16.2. The molecule has 1 heterocycles. The number of amides is 2. The van der Waals surface area contributed by atoms with Crippen molar-refractivity contribution in [3.8, 4) is 0 Å². The van der Waals surface area contributed by atoms with Crippen LogP contribution in [0.2, 0.25) is 0 Å². The van der Waals surface area contributed by atoms with Crippen LogP contribution < -0.4 is 5.32 Å². The summed E-state index contributed by atoms with van der Waals surface area (Å²) in [7, 11) is 0. The summed E-state index contributed by atoms with van der Waals surface area (Å²) >= 11 is 0. The summed E-state index contributed by atoms with van der Waals surface area (Å²) in [5.41, 5.74) is 0. The van der Waals surface area contributed by atoms with Crippen LogP contribution in [-0.2, 0) is 9.59 Å². The predicted molar refractivity (Wildman–Crippen MR) is 40.7 cm³/mol. The first-order chi connectivity index (χ1) is 5.24. The standard InChI is InChI=1S/C8H11NO2/c1-2-3-4-6-5-7(10)9-8(6)11/h3-4,6H,2,5H2,1H3,(H,9,10,11). The maximum Gasteiger partial charge on any atom is 0.233 e. The van der Waals surface area contributed by atoms with E-state index in [-0.39, 0.29) is 17.7 Å². The Morgan fingerprint density at radius 2 is 2.36 bits per heavy atom. The van der Waals surface area contributed by atoms with Gasteiger partial charge in [0.15, 0.2) is 0 Å². The number of hydrogen-bond acceptors (Lipinski definition) is 2. The summed E-state index contributed by atoms with van der Waals surface area (Å²) in [4.78, 5) is 21.6. The Kier molecular flexibility index (Phi) is 2.41. The molecule has 1 fully saturated rings. The van der Waals surface area contributed by atoms with Crippen molar-refractivity contribution in [2.24, 2.45) is 5.92 Å². The van der Waals surface area contributed by atoms with E-state index in [1.165, 1.54) is 0 Å². The fourth-order valence-electron chi connectivity index (χ4n) is 1.03. The van der Waals surface area contributed by atoms with Crippen molar-refractivity contribution in [2.75, 3.05) is 0 Å². The van der Waals surface area contributed by atoms with E-state index in [1.807, 2.05) is 13.0 Å². The van der Waals surface area contributed by atoms with Crippen LogP contribution >= 0.6 is 0 Å². The lowest BCUT2D eigenvalue weighted by Gasteiger charge is -1.94. The molecule has 0 aliphatic carbocycles. The molecule has 1 unspecified atom stereocenters. The fraction of sp³-hybridized carbons (Fsp3) is 0.500. The highest BCUT2D eigenvalue weighted by Crippen LogP contribution is 2.11. The Morgan fingerprint density at radius 3 is 2.82 bits per heavy atom. The zero-order valence-electron chi connectivity index (χ0n) is 6.46. The number of rotatable bonds is 2. The average Bonchev–Trinajstić information content (AvgIpc) is 2.26. The van der Waals surface area contributed by atoms with Crippen molar-refractivity contribution in [3.63, 3.8) is 0 Å². The summed E-state index contributed by atoms with van der Waals surface area (Å²) in [6, 6.07) is 0. The van der Waals surface area contributed by atoms with Crippen molar-refractivity contribution in [3.05, 3.63) is 12.2 Å². The number of hydrogen-bond donors (Lipinski definition) is 1. The molecule has 0 radical (unpaired) electrons. The quantitative estimate of drug-likeness (QED) is 0.467. The van der Waals surface area contributed by atoms with Gasteiger partial charge < -0.3 is 0 Å². The molecule has 11 heavy (non-hydrogen) atoms. The molecule has 3 nitrogen and oxygen atoms in total. The molecule has 0 aromatic rings. The van der Waals surface area contributed by atoms with Crippen molar-refractivity contribution in [1.29, 1.82) is 0 Å². The maximum atomic E-state index is 10.9. The number of allylic oxidation sites excluding steroid dienone is 1. The molecule has 2 amide bonds. The largest absolute Gasteiger partial charge is 0.296 e. The van der Waals surface area contributed by atoms with Gasteiger partial charge in [-0.25, -0.2) is 0 Å². The minimum Gasteiger partial charge on any atom is -0.296 e. The molecule has 0 bridgehead atoms. The van der Waals surface area contributed by atoms with E-state index in [9.17, 15) is 9.59 Å². The summed E-state index contributed by atoms with van der Waals surface area (Å²) in [6.45, 7) is 1.99. The van der Waals surface area contributed by atoms with E-state index in [2.05, 4.69) is 5.32 Å². The van der Waals surface area contributed by atoms with Crippen LogP contribution in [0.1, 0.15) is 19.8 Å². The van der Waals surface area contributed by atoms with Gasteiger partial charge in [0, 0.05) is 6.42 Å². The lowest BCUT2D eigenvalue weighted by Crippen LogP contribution is -2.21. The second kappa shape index (κ2) is 3.32. The predicted octanol–water partition coefficient (Wildman–Crippen LogP) is 0.615. The highest BCUT2D eigenvalue weighted by molar-refractivity contribution is 6.04. The van der Waals surface area contributed by atoms with Gasteiger partial charge in [-0.2, -0.15) is 0 Å². The Bertz CT molecular complexity index is 208. The third kappa shape index (κ3) is 1.90. The van der Waals surface area contributed by atoms with Crippen LogP contribution in [0.4, 0.5) is 0 Å². The van der Waals surface area contributed by atoms with E-state index in [4.69, 9.17) is 0 Å². The van der Waals surface area contributed by atoms with Gasteiger partial charge in [0.1, 0.15) is 0 Å². The summed E-state index contributed by atoms with van der Waals surface area (Å²) < 4.78 is 0. The monoisotopic (exact) mass is 153 g/mol. The molecular weight excluding hydrogens is 142 g/mol. The van der Waals surface area contributed by atoms with Crippen molar-refractivity contribution < 1.29 is 9.59 Å². The Morgan fingerprint density at radius 1 is 1.64 bits per heavy atom. The molecule has 0 spiro atoms. The first-order valence-electron chi connectivity index (χ1n) is 3.74. The SMILES string of the molecule is CCC=CC1CC(=O)NC1=O. The molecule has 0 aromatic carbocycles. The van der Waals surface area contributed by atoms with Gasteiger partial charge in [0.05, 0.1) is 5.92 Å². The summed E-state index contributed by atoms with van der Waals surface area (Å²) in [5, 5.41) is 2.25. The molecule has 3 heteroatoms. The van der Waals surface area contributed by atoms with Gasteiger partial charge in [-0.3, -0.25) is 14.9 Å². The number of carbonyl (C=O) groups excluding carboxylic acids is 2. The second-order valence-corrected chi connectivity index (χ2v) is 2.56. The minimum absolute atomic E-state index is 0.166. The zero-order valence-corrected chi connectivity index (χ0v) is 6.46. The van der Waals surface area contributed by atoms with E-state index in [0.29, 0.717) is 6.42 Å². The lowest BCUT2D eigenvalue weighted by molar-refractivity contribution is -0.125. The van der Waals surface area contributed by atoms with Crippen LogP contribution in [0.15, 0.2) is 12.2 Å². The zero-order chi connectivity index (χ0) is 8.27. The number of imide groups is 1. The van der Waals surface area contributed by atoms with E-state index in [1.54, 1.807) is 6.08 Å². The smallest absolute Gasteiger partial charge is 0.233 e. The van der Waals surface area contributed by atoms with Gasteiger partial charge in [0.2, 0.25) is 11.8 Å². The first kappa shape index (κ1) is 7.98. The minimum atomic E-state index is -0.220. The van der Waals surface area contributed by atoms with Crippen LogP contribution in [0.5, 0.6) is 0 Å². The van der Waals surface area contributed by atoms with Crippen LogP contribution in [0.3, 0.4) is 0 Å². The molecule has 1 aliphatic heterocycles. The van der Waals surface area contributed by atoms with E-state index in [0.717, 1.165) is 6.42 Å². The van der Waals surface area contributed by atoms with Crippen molar-refractivity contribution in [1.82, 2.24) is 5.32 Å². The van der Waals surface area contributed by atoms with Gasteiger partial charge in [0.25, 0.3) is 0 Å². The summed E-state index contributed by atoms with van der Waals surface area (Å²) in [5.74, 6) is -0.553. The Hall–Kier alpha value is -1.12. The Balaban J connectivity index is 2.53. The van der Waals surface area contributed by atoms with Crippen LogP contribution in [-0.4, -0.2) is 11.8 Å². The molecule has 1 aliphatic rings. The molecule has 60 valence electrons. The van der Waals surface area contributed by atoms with Crippen LogP contribution in [0, 0.1) is 5.92 Å². The van der Waals surface area contributed by atoms with Crippen molar-refractivity contribution >= 4 is 11.8 Å². The topological polar surface area (TPSA) is 46.2 Å². The summed E-state index contributed by atoms with van der Waals surface area (Å²) in [6.07, 6.45) is 4.91. The third-order valence-electron chi connectivity index (χ3n) is 1.61. The Labute approximate surface area is 65.5 Å². The van der Waals surface area contributed by atoms with E-state index < -0.39 is 0 Å². The first-order valence-corrected chi connectivity index (χ1v) is 3.74. The second-order valence-electron chi connectivity index (χ2n) is 2.56. The third-order valence-corrected chi connectivity index (χ3v) is 1.61. The molecule has 0 aromatic heterocycles. The average molecular weight is 153 g/mol. The molecule has 1 atom stereocenters. The number of carbonyl (C=O) groups is 2. The normalized spacial score (nSPS) is 24.6. The molecule has 1 N–H and O–H groups in total. The number of nitrogens with one attached hydrogen (secondary N) is 1. The van der Waals surface area contributed by atoms with Gasteiger partial charge >= 0.3 is 0 Å². The van der Waals surface area contributed by atoms with Gasteiger partial charge in [-0.1, -0.05) is 19.1 Å². The van der Waals surface area contributed by atoms with Gasteiger partial charge in [-0.05, 0) is 6.42 Å². The molecule has 0 saturated carbocycles.